The second kappa shape index (κ2) is 6.63. The first-order valence-corrected chi connectivity index (χ1v) is 8.50. The highest BCUT2D eigenvalue weighted by atomic mass is 16.5. The van der Waals surface area contributed by atoms with Gasteiger partial charge >= 0.3 is 5.97 Å². The van der Waals surface area contributed by atoms with Crippen molar-refractivity contribution in [3.63, 3.8) is 0 Å². The van der Waals surface area contributed by atoms with Crippen molar-refractivity contribution in [2.45, 2.75) is 46.6 Å². The summed E-state index contributed by atoms with van der Waals surface area (Å²) in [6, 6.07) is 8.09. The second-order valence-corrected chi connectivity index (χ2v) is 6.42. The lowest BCUT2D eigenvalue weighted by atomic mass is 9.96. The Morgan fingerprint density at radius 2 is 2.00 bits per heavy atom. The normalized spacial score (nSPS) is 13.7. The number of ketones is 1. The molecule has 0 bridgehead atoms. The Kier molecular flexibility index (Phi) is 4.56. The Hall–Kier alpha value is -2.36. The summed E-state index contributed by atoms with van der Waals surface area (Å²) in [6.45, 7) is 6.75. The highest BCUT2D eigenvalue weighted by Crippen LogP contribution is 2.27. The molecule has 0 fully saturated rings. The molecule has 0 unspecified atom stereocenters. The largest absolute Gasteiger partial charge is 0.461 e. The van der Waals surface area contributed by atoms with Crippen molar-refractivity contribution in [2.24, 2.45) is 0 Å². The van der Waals surface area contributed by atoms with E-state index in [1.807, 2.05) is 10.6 Å². The predicted molar refractivity (Wildman–Crippen MR) is 92.7 cm³/mol. The Balaban J connectivity index is 2.08. The number of rotatable bonds is 4. The van der Waals surface area contributed by atoms with Gasteiger partial charge in [0.05, 0.1) is 12.3 Å². The van der Waals surface area contributed by atoms with Gasteiger partial charge in [0.2, 0.25) is 0 Å². The number of aromatic nitrogens is 1. The number of ether oxygens (including phenoxy) is 1. The van der Waals surface area contributed by atoms with Crippen LogP contribution in [0, 0.1) is 13.8 Å². The van der Waals surface area contributed by atoms with E-state index in [2.05, 4.69) is 32.0 Å². The molecular formula is C20H23NO3. The second-order valence-electron chi connectivity index (χ2n) is 6.42. The lowest BCUT2D eigenvalue weighted by Gasteiger charge is -2.17. The van der Waals surface area contributed by atoms with Crippen LogP contribution in [0.1, 0.15) is 63.0 Å². The highest BCUT2D eigenvalue weighted by molar-refractivity contribution is 6.00. The van der Waals surface area contributed by atoms with Crippen LogP contribution in [0.25, 0.3) is 0 Å². The quantitative estimate of drug-likeness (QED) is 0.802. The number of esters is 1. The minimum atomic E-state index is -0.357. The average Bonchev–Trinajstić information content (AvgIpc) is 2.90. The molecule has 126 valence electrons. The van der Waals surface area contributed by atoms with Crippen LogP contribution < -0.4 is 0 Å². The molecule has 1 aliphatic carbocycles. The molecule has 0 amide bonds. The van der Waals surface area contributed by atoms with Crippen LogP contribution in [0.15, 0.2) is 24.3 Å². The Morgan fingerprint density at radius 1 is 1.21 bits per heavy atom. The average molecular weight is 325 g/mol. The molecule has 4 heteroatoms. The third-order valence-electron chi connectivity index (χ3n) is 4.60. The van der Waals surface area contributed by atoms with E-state index in [1.165, 1.54) is 5.56 Å². The van der Waals surface area contributed by atoms with Crippen molar-refractivity contribution < 1.29 is 14.3 Å². The van der Waals surface area contributed by atoms with Crippen LogP contribution in [0.2, 0.25) is 0 Å². The van der Waals surface area contributed by atoms with Crippen molar-refractivity contribution in [2.75, 3.05) is 6.61 Å². The van der Waals surface area contributed by atoms with Gasteiger partial charge in [0, 0.05) is 13.0 Å². The van der Waals surface area contributed by atoms with E-state index in [-0.39, 0.29) is 11.8 Å². The predicted octanol–water partition coefficient (Wildman–Crippen LogP) is 3.85. The number of Topliss-reactive ketones (excluding diaryl/α,β-unsaturated/α-hetero) is 1. The number of carbonyl (C=O) groups excluding carboxylic acids is 2. The number of fused-ring (bicyclic) bond motifs is 1. The fraction of sp³-hybridized carbons (Fsp3) is 0.400. The zero-order valence-electron chi connectivity index (χ0n) is 14.5. The van der Waals surface area contributed by atoms with Crippen LogP contribution >= 0.6 is 0 Å². The molecule has 3 rings (SSSR count). The molecule has 1 aromatic heterocycles. The van der Waals surface area contributed by atoms with Gasteiger partial charge in [0.15, 0.2) is 5.78 Å². The Labute approximate surface area is 142 Å². The molecule has 1 aliphatic rings. The van der Waals surface area contributed by atoms with Crippen LogP contribution in [-0.2, 0) is 17.7 Å². The molecule has 0 aliphatic heterocycles. The van der Waals surface area contributed by atoms with E-state index in [1.54, 1.807) is 6.92 Å². The van der Waals surface area contributed by atoms with Crippen LogP contribution in [0.5, 0.6) is 0 Å². The van der Waals surface area contributed by atoms with Crippen molar-refractivity contribution >= 4 is 11.8 Å². The summed E-state index contributed by atoms with van der Waals surface area (Å²) in [7, 11) is 0. The van der Waals surface area contributed by atoms with Crippen molar-refractivity contribution in [1.82, 2.24) is 4.57 Å². The highest BCUT2D eigenvalue weighted by Gasteiger charge is 2.27. The lowest BCUT2D eigenvalue weighted by Crippen LogP contribution is -2.19. The molecule has 0 N–H and O–H groups in total. The molecule has 0 atom stereocenters. The molecule has 0 saturated carbocycles. The van der Waals surface area contributed by atoms with Crippen LogP contribution in [0.4, 0.5) is 0 Å². The van der Waals surface area contributed by atoms with Crippen LogP contribution in [-0.4, -0.2) is 22.9 Å². The fourth-order valence-corrected chi connectivity index (χ4v) is 3.42. The standard InChI is InChI=1S/C20H23NO3/c1-4-24-20(23)17-11-15-6-5-7-18(22)19(15)21(17)12-16-9-8-13(2)10-14(16)3/h8-11H,4-7,12H2,1-3H3. The zero-order chi connectivity index (χ0) is 17.3. The summed E-state index contributed by atoms with van der Waals surface area (Å²) in [6.07, 6.45) is 2.24. The van der Waals surface area contributed by atoms with E-state index < -0.39 is 0 Å². The molecule has 2 aromatic rings. The van der Waals surface area contributed by atoms with E-state index in [0.717, 1.165) is 29.5 Å². The van der Waals surface area contributed by atoms with Crippen molar-refractivity contribution in [3.8, 4) is 0 Å². The van der Waals surface area contributed by atoms with E-state index >= 15 is 0 Å². The topological polar surface area (TPSA) is 48.3 Å². The summed E-state index contributed by atoms with van der Waals surface area (Å²) in [5, 5.41) is 0. The number of hydrogen-bond acceptors (Lipinski definition) is 3. The minimum Gasteiger partial charge on any atom is -0.461 e. The molecular weight excluding hydrogens is 302 g/mol. The molecule has 0 spiro atoms. The molecule has 1 aromatic carbocycles. The number of carbonyl (C=O) groups is 2. The SMILES string of the molecule is CCOC(=O)c1cc2c(n1Cc1ccc(C)cc1C)C(=O)CCC2. The van der Waals surface area contributed by atoms with Crippen molar-refractivity contribution in [3.05, 3.63) is 57.9 Å². The van der Waals surface area contributed by atoms with Gasteiger partial charge in [0.1, 0.15) is 5.69 Å². The van der Waals surface area contributed by atoms with Gasteiger partial charge in [-0.1, -0.05) is 23.8 Å². The Bertz CT molecular complexity index is 801. The summed E-state index contributed by atoms with van der Waals surface area (Å²) < 4.78 is 7.05. The maximum atomic E-state index is 12.5. The number of nitrogens with zero attached hydrogens (tertiary/aromatic N) is 1. The third-order valence-corrected chi connectivity index (χ3v) is 4.60. The molecule has 1 heterocycles. The van der Waals surface area contributed by atoms with Crippen LogP contribution in [0.3, 0.4) is 0 Å². The van der Waals surface area contributed by atoms with Gasteiger partial charge in [-0.2, -0.15) is 0 Å². The summed E-state index contributed by atoms with van der Waals surface area (Å²) in [4.78, 5) is 24.8. The van der Waals surface area contributed by atoms with Gasteiger partial charge in [0.25, 0.3) is 0 Å². The number of benzene rings is 1. The third kappa shape index (κ3) is 3.01. The molecule has 4 nitrogen and oxygen atoms in total. The minimum absolute atomic E-state index is 0.122. The lowest BCUT2D eigenvalue weighted by molar-refractivity contribution is 0.0514. The van der Waals surface area contributed by atoms with E-state index in [4.69, 9.17) is 4.74 Å². The van der Waals surface area contributed by atoms with Gasteiger partial charge in [-0.3, -0.25) is 4.79 Å². The van der Waals surface area contributed by atoms with Gasteiger partial charge < -0.3 is 9.30 Å². The van der Waals surface area contributed by atoms with Crippen molar-refractivity contribution in [1.29, 1.82) is 0 Å². The van der Waals surface area contributed by atoms with Gasteiger partial charge in [-0.25, -0.2) is 4.79 Å². The van der Waals surface area contributed by atoms with E-state index in [0.29, 0.717) is 31.0 Å². The monoisotopic (exact) mass is 325 g/mol. The summed E-state index contributed by atoms with van der Waals surface area (Å²) in [5.74, 6) is -0.235. The first kappa shape index (κ1) is 16.5. The number of hydrogen-bond donors (Lipinski definition) is 0. The molecule has 0 radical (unpaired) electrons. The first-order chi connectivity index (χ1) is 11.5. The van der Waals surface area contributed by atoms with E-state index in [9.17, 15) is 9.59 Å². The molecule has 0 saturated heterocycles. The maximum absolute atomic E-state index is 12.5. The zero-order valence-corrected chi connectivity index (χ0v) is 14.5. The summed E-state index contributed by atoms with van der Waals surface area (Å²) >= 11 is 0. The maximum Gasteiger partial charge on any atom is 0.354 e. The molecule has 24 heavy (non-hydrogen) atoms. The Morgan fingerprint density at radius 3 is 2.71 bits per heavy atom. The van der Waals surface area contributed by atoms with Gasteiger partial charge in [-0.15, -0.1) is 0 Å². The first-order valence-electron chi connectivity index (χ1n) is 8.50. The van der Waals surface area contributed by atoms with Gasteiger partial charge in [-0.05, 0) is 56.4 Å². The smallest absolute Gasteiger partial charge is 0.354 e. The summed E-state index contributed by atoms with van der Waals surface area (Å²) in [5.41, 5.74) is 5.62. The fourth-order valence-electron chi connectivity index (χ4n) is 3.42. The number of aryl methyl sites for hydroxylation is 3.